The molecular weight excluding hydrogens is 248 g/mol. The minimum absolute atomic E-state index is 0.134. The molecule has 2 rings (SSSR count). The van der Waals surface area contributed by atoms with Gasteiger partial charge >= 0.3 is 5.97 Å². The number of hydrogen-bond donors (Lipinski definition) is 2. The third-order valence-corrected chi connectivity index (χ3v) is 3.44. The third-order valence-electron chi connectivity index (χ3n) is 3.44. The van der Waals surface area contributed by atoms with Crippen LogP contribution in [0.15, 0.2) is 18.2 Å². The summed E-state index contributed by atoms with van der Waals surface area (Å²) in [4.78, 5) is 10.9. The van der Waals surface area contributed by atoms with E-state index in [2.05, 4.69) is 0 Å². The van der Waals surface area contributed by atoms with Crippen LogP contribution in [0.5, 0.6) is 11.5 Å². The predicted octanol–water partition coefficient (Wildman–Crippen LogP) is 2.08. The summed E-state index contributed by atoms with van der Waals surface area (Å²) in [6.07, 6.45) is 3.42. The number of benzene rings is 1. The summed E-state index contributed by atoms with van der Waals surface area (Å²) in [7, 11) is 1.49. The monoisotopic (exact) mass is 266 g/mol. The summed E-state index contributed by atoms with van der Waals surface area (Å²) in [6.45, 7) is 0.159. The average Bonchev–Trinajstić information content (AvgIpc) is 2.83. The Labute approximate surface area is 111 Å². The molecule has 0 unspecified atom stereocenters. The summed E-state index contributed by atoms with van der Waals surface area (Å²) < 4.78 is 10.7. The highest BCUT2D eigenvalue weighted by Gasteiger charge is 2.32. The molecule has 104 valence electrons. The van der Waals surface area contributed by atoms with Crippen LogP contribution >= 0.6 is 0 Å². The van der Waals surface area contributed by atoms with Gasteiger partial charge in [0.25, 0.3) is 0 Å². The molecule has 1 aliphatic rings. The zero-order valence-corrected chi connectivity index (χ0v) is 10.9. The molecule has 2 N–H and O–H groups in total. The smallest absolute Gasteiger partial charge is 0.335 e. The molecule has 0 saturated heterocycles. The van der Waals surface area contributed by atoms with Crippen LogP contribution in [0.4, 0.5) is 0 Å². The first kappa shape index (κ1) is 13.7. The van der Waals surface area contributed by atoms with Crippen molar-refractivity contribution in [2.45, 2.75) is 31.3 Å². The second-order valence-corrected chi connectivity index (χ2v) is 4.89. The Bertz CT molecular complexity index is 463. The number of carbonyl (C=O) groups is 1. The van der Waals surface area contributed by atoms with Gasteiger partial charge in [0.05, 0.1) is 18.3 Å². The Kier molecular flexibility index (Phi) is 3.95. The van der Waals surface area contributed by atoms with Crippen molar-refractivity contribution >= 4 is 5.97 Å². The van der Waals surface area contributed by atoms with Crippen LogP contribution in [0, 0.1) is 0 Å². The van der Waals surface area contributed by atoms with Gasteiger partial charge < -0.3 is 19.7 Å². The van der Waals surface area contributed by atoms with Gasteiger partial charge in [-0.25, -0.2) is 4.79 Å². The van der Waals surface area contributed by atoms with Gasteiger partial charge in [-0.05, 0) is 31.0 Å². The quantitative estimate of drug-likeness (QED) is 0.853. The van der Waals surface area contributed by atoms with Gasteiger partial charge in [-0.15, -0.1) is 0 Å². The first-order valence-electron chi connectivity index (χ1n) is 6.31. The SMILES string of the molecule is COc1ccc(C(=O)O)cc1OCC1(O)CCCC1. The lowest BCUT2D eigenvalue weighted by molar-refractivity contribution is 0.000717. The zero-order chi connectivity index (χ0) is 13.9. The standard InChI is InChI=1S/C14H18O5/c1-18-11-5-4-10(13(15)16)8-12(11)19-9-14(17)6-2-3-7-14/h4-5,8,17H,2-3,6-7,9H2,1H3,(H,15,16). The van der Waals surface area contributed by atoms with E-state index in [1.165, 1.54) is 19.2 Å². The zero-order valence-electron chi connectivity index (χ0n) is 10.9. The molecule has 0 bridgehead atoms. The molecule has 19 heavy (non-hydrogen) atoms. The van der Waals surface area contributed by atoms with Gasteiger partial charge in [-0.2, -0.15) is 0 Å². The normalized spacial score (nSPS) is 17.2. The number of rotatable bonds is 5. The molecule has 1 aromatic carbocycles. The highest BCUT2D eigenvalue weighted by atomic mass is 16.5. The molecule has 1 saturated carbocycles. The van der Waals surface area contributed by atoms with Gasteiger partial charge in [0.2, 0.25) is 0 Å². The summed E-state index contributed by atoms with van der Waals surface area (Å²) in [5, 5.41) is 19.2. The van der Waals surface area contributed by atoms with E-state index >= 15 is 0 Å². The highest BCUT2D eigenvalue weighted by Crippen LogP contribution is 2.33. The first-order chi connectivity index (χ1) is 9.04. The van der Waals surface area contributed by atoms with E-state index in [0.29, 0.717) is 24.3 Å². The molecule has 0 spiro atoms. The number of aliphatic hydroxyl groups is 1. The van der Waals surface area contributed by atoms with Crippen molar-refractivity contribution in [1.29, 1.82) is 0 Å². The van der Waals surface area contributed by atoms with Gasteiger partial charge in [-0.1, -0.05) is 12.8 Å². The summed E-state index contributed by atoms with van der Waals surface area (Å²) in [5.41, 5.74) is -0.668. The lowest BCUT2D eigenvalue weighted by Crippen LogP contribution is -2.32. The highest BCUT2D eigenvalue weighted by molar-refractivity contribution is 5.88. The molecule has 0 aliphatic heterocycles. The lowest BCUT2D eigenvalue weighted by Gasteiger charge is -2.23. The van der Waals surface area contributed by atoms with Crippen molar-refractivity contribution in [2.75, 3.05) is 13.7 Å². The van der Waals surface area contributed by atoms with Gasteiger partial charge in [0.15, 0.2) is 11.5 Å². The Morgan fingerprint density at radius 3 is 2.58 bits per heavy atom. The maximum Gasteiger partial charge on any atom is 0.335 e. The number of aromatic carboxylic acids is 1. The van der Waals surface area contributed by atoms with Crippen LogP contribution in [-0.4, -0.2) is 35.5 Å². The maximum absolute atomic E-state index is 10.9. The maximum atomic E-state index is 10.9. The van der Waals surface area contributed by atoms with Crippen LogP contribution < -0.4 is 9.47 Å². The van der Waals surface area contributed by atoms with Crippen LogP contribution in [0.2, 0.25) is 0 Å². The Balaban J connectivity index is 2.13. The fraction of sp³-hybridized carbons (Fsp3) is 0.500. The lowest BCUT2D eigenvalue weighted by atomic mass is 10.0. The minimum Gasteiger partial charge on any atom is -0.493 e. The van der Waals surface area contributed by atoms with Crippen molar-refractivity contribution in [2.24, 2.45) is 0 Å². The van der Waals surface area contributed by atoms with Crippen molar-refractivity contribution < 1.29 is 24.5 Å². The molecule has 0 radical (unpaired) electrons. The van der Waals surface area contributed by atoms with Crippen molar-refractivity contribution in [3.8, 4) is 11.5 Å². The Morgan fingerprint density at radius 2 is 2.00 bits per heavy atom. The van der Waals surface area contributed by atoms with E-state index in [1.807, 2.05) is 0 Å². The van der Waals surface area contributed by atoms with Crippen molar-refractivity contribution in [3.63, 3.8) is 0 Å². The third kappa shape index (κ3) is 3.17. The van der Waals surface area contributed by atoms with Gasteiger partial charge in [-0.3, -0.25) is 0 Å². The van der Waals surface area contributed by atoms with Gasteiger partial charge in [0.1, 0.15) is 6.61 Å². The van der Waals surface area contributed by atoms with Crippen LogP contribution in [0.25, 0.3) is 0 Å². The Hall–Kier alpha value is -1.75. The molecule has 1 aromatic rings. The molecule has 0 aromatic heterocycles. The molecule has 1 aliphatic carbocycles. The molecular formula is C14H18O5. The summed E-state index contributed by atoms with van der Waals surface area (Å²) in [5.74, 6) is -0.207. The largest absolute Gasteiger partial charge is 0.493 e. The second-order valence-electron chi connectivity index (χ2n) is 4.89. The fourth-order valence-corrected chi connectivity index (χ4v) is 2.31. The van der Waals surface area contributed by atoms with E-state index in [-0.39, 0.29) is 12.2 Å². The fourth-order valence-electron chi connectivity index (χ4n) is 2.31. The topological polar surface area (TPSA) is 76.0 Å². The summed E-state index contributed by atoms with van der Waals surface area (Å²) >= 11 is 0. The Morgan fingerprint density at radius 1 is 1.32 bits per heavy atom. The minimum atomic E-state index is -1.02. The molecule has 5 heteroatoms. The van der Waals surface area contributed by atoms with Crippen molar-refractivity contribution in [3.05, 3.63) is 23.8 Å². The molecule has 5 nitrogen and oxygen atoms in total. The number of carboxylic acids is 1. The van der Waals surface area contributed by atoms with E-state index in [4.69, 9.17) is 14.6 Å². The second kappa shape index (κ2) is 5.48. The first-order valence-corrected chi connectivity index (χ1v) is 6.31. The number of hydrogen-bond acceptors (Lipinski definition) is 4. The molecule has 1 fully saturated rings. The van der Waals surface area contributed by atoms with Gasteiger partial charge in [0, 0.05) is 0 Å². The molecule has 0 heterocycles. The average molecular weight is 266 g/mol. The van der Waals surface area contributed by atoms with E-state index in [9.17, 15) is 9.90 Å². The number of carboxylic acid groups (broad SMARTS) is 1. The van der Waals surface area contributed by atoms with Crippen LogP contribution in [0.1, 0.15) is 36.0 Å². The molecule has 0 amide bonds. The number of methoxy groups -OCH3 is 1. The molecule has 0 atom stereocenters. The van der Waals surface area contributed by atoms with E-state index < -0.39 is 11.6 Å². The number of ether oxygens (including phenoxy) is 2. The predicted molar refractivity (Wildman–Crippen MR) is 68.9 cm³/mol. The van der Waals surface area contributed by atoms with Crippen LogP contribution in [-0.2, 0) is 0 Å². The summed E-state index contributed by atoms with van der Waals surface area (Å²) in [6, 6.07) is 4.43. The van der Waals surface area contributed by atoms with E-state index in [0.717, 1.165) is 12.8 Å². The van der Waals surface area contributed by atoms with Crippen molar-refractivity contribution in [1.82, 2.24) is 0 Å². The van der Waals surface area contributed by atoms with E-state index in [1.54, 1.807) is 6.07 Å². The van der Waals surface area contributed by atoms with Crippen LogP contribution in [0.3, 0.4) is 0 Å².